The molecule has 0 spiro atoms. The molecule has 2 aromatic carbocycles. The molecule has 0 bridgehead atoms. The number of rotatable bonds is 3. The average Bonchev–Trinajstić information content (AvgIpc) is 3.14. The highest BCUT2D eigenvalue weighted by molar-refractivity contribution is 7.92. The Bertz CT molecular complexity index is 960. The average molecular weight is 314 g/mol. The summed E-state index contributed by atoms with van der Waals surface area (Å²) in [6.45, 7) is 0. The van der Waals surface area contributed by atoms with Crippen LogP contribution in [-0.4, -0.2) is 13.4 Å². The Hall–Kier alpha value is -2.34. The lowest BCUT2D eigenvalue weighted by Crippen LogP contribution is -2.13. The van der Waals surface area contributed by atoms with E-state index in [-0.39, 0.29) is 0 Å². The molecule has 0 fully saturated rings. The van der Waals surface area contributed by atoms with E-state index in [0.29, 0.717) is 21.7 Å². The quantitative estimate of drug-likeness (QED) is 0.806. The third-order valence-electron chi connectivity index (χ3n) is 3.96. The first-order valence-corrected chi connectivity index (χ1v) is 8.58. The Morgan fingerprint density at radius 1 is 1.05 bits per heavy atom. The van der Waals surface area contributed by atoms with E-state index in [1.165, 1.54) is 12.0 Å². The highest BCUT2D eigenvalue weighted by Crippen LogP contribution is 2.26. The lowest BCUT2D eigenvalue weighted by Gasteiger charge is -2.09. The molecular formula is C16H14N2O3S. The van der Waals surface area contributed by atoms with E-state index in [0.717, 1.165) is 24.8 Å². The van der Waals surface area contributed by atoms with Crippen LogP contribution in [0.25, 0.3) is 11.1 Å². The maximum atomic E-state index is 12.5. The van der Waals surface area contributed by atoms with Crippen LogP contribution in [0.4, 0.5) is 5.69 Å². The van der Waals surface area contributed by atoms with Crippen molar-refractivity contribution < 1.29 is 12.8 Å². The van der Waals surface area contributed by atoms with Gasteiger partial charge in [-0.15, -0.1) is 0 Å². The molecule has 1 N–H and O–H groups in total. The minimum Gasteiger partial charge on any atom is -0.443 e. The zero-order valence-corrected chi connectivity index (χ0v) is 12.6. The van der Waals surface area contributed by atoms with Crippen LogP contribution in [0.2, 0.25) is 0 Å². The number of oxazole rings is 1. The second-order valence-corrected chi connectivity index (χ2v) is 7.11. The Morgan fingerprint density at radius 2 is 1.91 bits per heavy atom. The van der Waals surface area contributed by atoms with Crippen molar-refractivity contribution in [3.8, 4) is 0 Å². The van der Waals surface area contributed by atoms with E-state index in [1.807, 2.05) is 6.07 Å². The lowest BCUT2D eigenvalue weighted by atomic mass is 10.1. The van der Waals surface area contributed by atoms with Crippen LogP contribution in [0.5, 0.6) is 0 Å². The van der Waals surface area contributed by atoms with Crippen LogP contribution in [0, 0.1) is 0 Å². The number of hydrogen-bond acceptors (Lipinski definition) is 4. The Labute approximate surface area is 128 Å². The number of hydrogen-bond donors (Lipinski definition) is 1. The van der Waals surface area contributed by atoms with Gasteiger partial charge in [-0.05, 0) is 54.7 Å². The summed E-state index contributed by atoms with van der Waals surface area (Å²) in [7, 11) is -3.60. The van der Waals surface area contributed by atoms with Crippen molar-refractivity contribution in [2.24, 2.45) is 0 Å². The second-order valence-electron chi connectivity index (χ2n) is 5.42. The molecular weight excluding hydrogens is 300 g/mol. The summed E-state index contributed by atoms with van der Waals surface area (Å²) >= 11 is 0. The molecule has 0 atom stereocenters. The Balaban J connectivity index is 1.68. The molecule has 112 valence electrons. The smallest absolute Gasteiger partial charge is 0.261 e. The van der Waals surface area contributed by atoms with Crippen LogP contribution in [-0.2, 0) is 22.9 Å². The predicted octanol–water partition coefficient (Wildman–Crippen LogP) is 3.12. The number of fused-ring (bicyclic) bond motifs is 2. The van der Waals surface area contributed by atoms with Crippen LogP contribution < -0.4 is 4.72 Å². The topological polar surface area (TPSA) is 72.2 Å². The molecule has 0 aliphatic heterocycles. The zero-order chi connectivity index (χ0) is 15.2. The number of aromatic nitrogens is 1. The summed E-state index contributed by atoms with van der Waals surface area (Å²) in [6, 6.07) is 10.4. The van der Waals surface area contributed by atoms with Gasteiger partial charge in [-0.1, -0.05) is 6.07 Å². The molecule has 1 aromatic heterocycles. The molecule has 3 aromatic rings. The normalized spacial score (nSPS) is 14.2. The van der Waals surface area contributed by atoms with E-state index in [9.17, 15) is 8.42 Å². The molecule has 0 radical (unpaired) electrons. The van der Waals surface area contributed by atoms with Gasteiger partial charge in [0.25, 0.3) is 10.0 Å². The number of nitrogens with one attached hydrogen (secondary N) is 1. The highest BCUT2D eigenvalue weighted by atomic mass is 32.2. The SMILES string of the molecule is O=S(=O)(Nc1ccc2ncoc2c1)c1ccc2c(c1)CCC2. The fraction of sp³-hybridized carbons (Fsp3) is 0.188. The third-order valence-corrected chi connectivity index (χ3v) is 5.34. The first-order chi connectivity index (χ1) is 10.6. The maximum absolute atomic E-state index is 12.5. The number of nitrogens with zero attached hydrogens (tertiary/aromatic N) is 1. The summed E-state index contributed by atoms with van der Waals surface area (Å²) in [5.74, 6) is 0. The van der Waals surface area contributed by atoms with Gasteiger partial charge in [-0.25, -0.2) is 13.4 Å². The third kappa shape index (κ3) is 2.25. The first-order valence-electron chi connectivity index (χ1n) is 7.10. The molecule has 5 nitrogen and oxygen atoms in total. The summed E-state index contributed by atoms with van der Waals surface area (Å²) in [5, 5.41) is 0. The van der Waals surface area contributed by atoms with Crippen molar-refractivity contribution in [2.75, 3.05) is 4.72 Å². The van der Waals surface area contributed by atoms with Gasteiger partial charge in [0.2, 0.25) is 0 Å². The van der Waals surface area contributed by atoms with Crippen molar-refractivity contribution in [2.45, 2.75) is 24.2 Å². The largest absolute Gasteiger partial charge is 0.443 e. The number of sulfonamides is 1. The second kappa shape index (κ2) is 4.84. The number of aryl methyl sites for hydroxylation is 2. The van der Waals surface area contributed by atoms with Crippen LogP contribution >= 0.6 is 0 Å². The highest BCUT2D eigenvalue weighted by Gasteiger charge is 2.18. The molecule has 0 amide bonds. The molecule has 0 saturated heterocycles. The summed E-state index contributed by atoms with van der Waals surface area (Å²) in [6.07, 6.45) is 4.41. The minimum absolute atomic E-state index is 0.297. The molecule has 1 aliphatic carbocycles. The van der Waals surface area contributed by atoms with Gasteiger partial charge in [-0.3, -0.25) is 4.72 Å². The van der Waals surface area contributed by atoms with Crippen molar-refractivity contribution in [1.82, 2.24) is 4.98 Å². The summed E-state index contributed by atoms with van der Waals surface area (Å²) in [4.78, 5) is 4.31. The Morgan fingerprint density at radius 3 is 2.82 bits per heavy atom. The molecule has 0 unspecified atom stereocenters. The molecule has 1 heterocycles. The standard InChI is InChI=1S/C16H14N2O3S/c19-22(20,14-6-4-11-2-1-3-12(11)8-14)18-13-5-7-15-16(9-13)21-10-17-15/h4-10,18H,1-3H2. The van der Waals surface area contributed by atoms with Crippen molar-refractivity contribution in [1.29, 1.82) is 0 Å². The van der Waals surface area contributed by atoms with Crippen molar-refractivity contribution in [3.63, 3.8) is 0 Å². The molecule has 1 aliphatic rings. The lowest BCUT2D eigenvalue weighted by molar-refractivity contribution is 0.601. The zero-order valence-electron chi connectivity index (χ0n) is 11.7. The van der Waals surface area contributed by atoms with E-state index in [1.54, 1.807) is 30.3 Å². The van der Waals surface area contributed by atoms with E-state index >= 15 is 0 Å². The fourth-order valence-electron chi connectivity index (χ4n) is 2.85. The fourth-order valence-corrected chi connectivity index (χ4v) is 3.95. The van der Waals surface area contributed by atoms with E-state index < -0.39 is 10.0 Å². The number of benzene rings is 2. The molecule has 22 heavy (non-hydrogen) atoms. The summed E-state index contributed by atoms with van der Waals surface area (Å²) < 4.78 is 32.8. The van der Waals surface area contributed by atoms with E-state index in [4.69, 9.17) is 4.42 Å². The van der Waals surface area contributed by atoms with Gasteiger partial charge in [0.05, 0.1) is 10.6 Å². The summed E-state index contributed by atoms with van der Waals surface area (Å²) in [5.41, 5.74) is 4.09. The van der Waals surface area contributed by atoms with Crippen LogP contribution in [0.15, 0.2) is 52.1 Å². The molecule has 6 heteroatoms. The van der Waals surface area contributed by atoms with Gasteiger partial charge in [-0.2, -0.15) is 0 Å². The van der Waals surface area contributed by atoms with Crippen LogP contribution in [0.3, 0.4) is 0 Å². The minimum atomic E-state index is -3.60. The number of anilines is 1. The molecule has 0 saturated carbocycles. The predicted molar refractivity (Wildman–Crippen MR) is 83.3 cm³/mol. The van der Waals surface area contributed by atoms with Gasteiger partial charge in [0.1, 0.15) is 5.52 Å². The van der Waals surface area contributed by atoms with Gasteiger partial charge >= 0.3 is 0 Å². The van der Waals surface area contributed by atoms with E-state index in [2.05, 4.69) is 9.71 Å². The van der Waals surface area contributed by atoms with Crippen LogP contribution in [0.1, 0.15) is 17.5 Å². The van der Waals surface area contributed by atoms with Crippen molar-refractivity contribution in [3.05, 3.63) is 53.9 Å². The molecule has 4 rings (SSSR count). The van der Waals surface area contributed by atoms with Gasteiger partial charge in [0.15, 0.2) is 12.0 Å². The van der Waals surface area contributed by atoms with Crippen molar-refractivity contribution >= 4 is 26.8 Å². The maximum Gasteiger partial charge on any atom is 0.261 e. The Kier molecular flexibility index (Phi) is 2.94. The monoisotopic (exact) mass is 314 g/mol. The first kappa shape index (κ1) is 13.3. The van der Waals surface area contributed by atoms with Gasteiger partial charge in [0, 0.05) is 6.07 Å². The van der Waals surface area contributed by atoms with Gasteiger partial charge < -0.3 is 4.42 Å².